The van der Waals surface area contributed by atoms with Gasteiger partial charge >= 0.3 is 11.9 Å². The SMILES string of the molecule is CCCCOc1ccc2cc(C(=O)CC(CCn3nnc4ccccc4c3=O)(C(=O)O)C(=O)O)oc2c1. The van der Waals surface area contributed by atoms with Crippen molar-refractivity contribution >= 4 is 39.6 Å². The second-order valence-electron chi connectivity index (χ2n) is 8.69. The number of benzene rings is 2. The van der Waals surface area contributed by atoms with Crippen LogP contribution in [0.4, 0.5) is 0 Å². The van der Waals surface area contributed by atoms with Gasteiger partial charge in [0.1, 0.15) is 16.8 Å². The molecule has 0 fully saturated rings. The summed E-state index contributed by atoms with van der Waals surface area (Å²) in [7, 11) is 0. The number of aryl methyl sites for hydroxylation is 1. The Balaban J connectivity index is 1.57. The molecule has 0 spiro atoms. The van der Waals surface area contributed by atoms with Gasteiger partial charge in [-0.2, -0.15) is 0 Å². The molecule has 2 aromatic carbocycles. The van der Waals surface area contributed by atoms with Gasteiger partial charge in [-0.25, -0.2) is 4.68 Å². The van der Waals surface area contributed by atoms with E-state index in [1.165, 1.54) is 12.1 Å². The predicted octanol–water partition coefficient (Wildman–Crippen LogP) is 3.54. The summed E-state index contributed by atoms with van der Waals surface area (Å²) in [6.45, 7) is 2.19. The normalized spacial score (nSPS) is 11.6. The molecule has 0 saturated heterocycles. The zero-order chi connectivity index (χ0) is 26.6. The van der Waals surface area contributed by atoms with Crippen LogP contribution in [0.5, 0.6) is 5.75 Å². The third-order valence-electron chi connectivity index (χ3n) is 6.19. The number of rotatable bonds is 12. The molecule has 0 amide bonds. The van der Waals surface area contributed by atoms with Gasteiger partial charge in [0.05, 0.1) is 12.0 Å². The lowest BCUT2D eigenvalue weighted by molar-refractivity contribution is -0.165. The Morgan fingerprint density at radius 3 is 2.57 bits per heavy atom. The quantitative estimate of drug-likeness (QED) is 0.165. The summed E-state index contributed by atoms with van der Waals surface area (Å²) in [5.41, 5.74) is -2.36. The number of carbonyl (C=O) groups is 3. The number of ketones is 1. The van der Waals surface area contributed by atoms with Crippen molar-refractivity contribution in [2.45, 2.75) is 39.2 Å². The number of aliphatic carboxylic acids is 2. The van der Waals surface area contributed by atoms with Crippen molar-refractivity contribution < 1.29 is 33.8 Å². The van der Waals surface area contributed by atoms with Crippen LogP contribution in [0, 0.1) is 5.41 Å². The highest BCUT2D eigenvalue weighted by molar-refractivity contribution is 6.06. The second kappa shape index (κ2) is 10.6. The Labute approximate surface area is 210 Å². The molecule has 2 N–H and O–H groups in total. The van der Waals surface area contributed by atoms with Gasteiger partial charge in [0.15, 0.2) is 17.0 Å². The van der Waals surface area contributed by atoms with Crippen molar-refractivity contribution in [1.82, 2.24) is 15.0 Å². The molecule has 0 bridgehead atoms. The highest BCUT2D eigenvalue weighted by atomic mass is 16.5. The van der Waals surface area contributed by atoms with Crippen molar-refractivity contribution in [3.63, 3.8) is 0 Å². The number of carboxylic acids is 2. The third-order valence-corrected chi connectivity index (χ3v) is 6.19. The van der Waals surface area contributed by atoms with Crippen LogP contribution in [0.3, 0.4) is 0 Å². The van der Waals surface area contributed by atoms with Crippen LogP contribution in [-0.2, 0) is 16.1 Å². The molecule has 192 valence electrons. The minimum atomic E-state index is -2.52. The van der Waals surface area contributed by atoms with Crippen LogP contribution in [0.15, 0.2) is 57.7 Å². The fraction of sp³-hybridized carbons (Fsp3) is 0.308. The number of hydrogen-bond donors (Lipinski definition) is 2. The highest BCUT2D eigenvalue weighted by Crippen LogP contribution is 2.32. The predicted molar refractivity (Wildman–Crippen MR) is 132 cm³/mol. The van der Waals surface area contributed by atoms with E-state index in [0.29, 0.717) is 28.8 Å². The smallest absolute Gasteiger partial charge is 0.321 e. The Hall–Kier alpha value is -4.54. The van der Waals surface area contributed by atoms with Crippen LogP contribution in [0.2, 0.25) is 0 Å². The monoisotopic (exact) mass is 507 g/mol. The van der Waals surface area contributed by atoms with E-state index in [4.69, 9.17) is 9.15 Å². The first-order valence-corrected chi connectivity index (χ1v) is 11.7. The largest absolute Gasteiger partial charge is 0.493 e. The van der Waals surface area contributed by atoms with Crippen LogP contribution in [0.25, 0.3) is 21.9 Å². The van der Waals surface area contributed by atoms with Crippen LogP contribution >= 0.6 is 0 Å². The molecule has 4 rings (SSSR count). The third kappa shape index (κ3) is 5.20. The molecular formula is C26H25N3O8. The number of unbranched alkanes of at least 4 members (excludes halogenated alkanes) is 1. The van der Waals surface area contributed by atoms with Gasteiger partial charge < -0.3 is 19.4 Å². The Morgan fingerprint density at radius 1 is 1.08 bits per heavy atom. The van der Waals surface area contributed by atoms with E-state index in [9.17, 15) is 29.4 Å². The zero-order valence-corrected chi connectivity index (χ0v) is 20.0. The van der Waals surface area contributed by atoms with Gasteiger partial charge in [0.2, 0.25) is 0 Å². The second-order valence-corrected chi connectivity index (χ2v) is 8.69. The van der Waals surface area contributed by atoms with Crippen LogP contribution < -0.4 is 10.3 Å². The molecule has 11 heteroatoms. The minimum Gasteiger partial charge on any atom is -0.493 e. The van der Waals surface area contributed by atoms with Gasteiger partial charge in [-0.15, -0.1) is 5.10 Å². The molecule has 0 radical (unpaired) electrons. The van der Waals surface area contributed by atoms with Crippen LogP contribution in [0.1, 0.15) is 43.2 Å². The fourth-order valence-corrected chi connectivity index (χ4v) is 3.95. The molecule has 2 aromatic heterocycles. The maximum Gasteiger partial charge on any atom is 0.321 e. The van der Waals surface area contributed by atoms with E-state index < -0.39 is 41.5 Å². The van der Waals surface area contributed by atoms with Crippen molar-refractivity contribution in [2.24, 2.45) is 5.41 Å². The molecule has 0 aliphatic carbocycles. The van der Waals surface area contributed by atoms with Gasteiger partial charge in [-0.05, 0) is 43.2 Å². The van der Waals surface area contributed by atoms with E-state index in [1.54, 1.807) is 36.4 Å². The lowest BCUT2D eigenvalue weighted by atomic mass is 9.79. The molecule has 0 aliphatic heterocycles. The summed E-state index contributed by atoms with van der Waals surface area (Å²) < 4.78 is 12.2. The standard InChI is InChI=1S/C26H25N3O8/c1-2-3-12-36-17-9-8-16-13-22(37-21(16)14-17)20(30)15-26(24(32)33,25(34)35)10-11-29-23(31)18-6-4-5-7-19(18)27-28-29/h4-9,13-14H,2-3,10-12,15H2,1H3,(H,32,33)(H,34,35). The Bertz CT molecular complexity index is 1520. The molecule has 0 aliphatic rings. The average Bonchev–Trinajstić information content (AvgIpc) is 3.31. The molecule has 0 atom stereocenters. The minimum absolute atomic E-state index is 0.171. The number of hydrogen-bond acceptors (Lipinski definition) is 8. The van der Waals surface area contributed by atoms with E-state index >= 15 is 0 Å². The lowest BCUT2D eigenvalue weighted by Crippen LogP contribution is -2.43. The number of ether oxygens (including phenoxy) is 1. The van der Waals surface area contributed by atoms with E-state index in [0.717, 1.165) is 17.5 Å². The van der Waals surface area contributed by atoms with Gasteiger partial charge in [0.25, 0.3) is 5.56 Å². The fourth-order valence-electron chi connectivity index (χ4n) is 3.95. The molecule has 11 nitrogen and oxygen atoms in total. The number of furan rings is 1. The summed E-state index contributed by atoms with van der Waals surface area (Å²) in [5.74, 6) is -3.83. The van der Waals surface area contributed by atoms with Crippen LogP contribution in [-0.4, -0.2) is 49.5 Å². The van der Waals surface area contributed by atoms with Crippen molar-refractivity contribution in [2.75, 3.05) is 6.61 Å². The first kappa shape index (κ1) is 25.5. The van der Waals surface area contributed by atoms with Crippen molar-refractivity contribution in [1.29, 1.82) is 0 Å². The Morgan fingerprint density at radius 2 is 1.84 bits per heavy atom. The molecular weight excluding hydrogens is 482 g/mol. The number of Topliss-reactive ketones (excluding diaryl/α,β-unsaturated/α-hetero) is 1. The lowest BCUT2D eigenvalue weighted by Gasteiger charge is -2.23. The van der Waals surface area contributed by atoms with E-state index in [2.05, 4.69) is 10.3 Å². The summed E-state index contributed by atoms with van der Waals surface area (Å²) >= 11 is 0. The summed E-state index contributed by atoms with van der Waals surface area (Å²) in [6.07, 6.45) is 0.390. The maximum absolute atomic E-state index is 13.0. The maximum atomic E-state index is 13.0. The first-order chi connectivity index (χ1) is 17.7. The van der Waals surface area contributed by atoms with Gasteiger partial charge in [0, 0.05) is 24.4 Å². The molecule has 0 unspecified atom stereocenters. The summed E-state index contributed by atoms with van der Waals surface area (Å²) in [6, 6.07) is 12.9. The number of fused-ring (bicyclic) bond motifs is 2. The zero-order valence-electron chi connectivity index (χ0n) is 20.0. The number of carbonyl (C=O) groups excluding carboxylic acids is 1. The highest BCUT2D eigenvalue weighted by Gasteiger charge is 2.48. The Kier molecular flexibility index (Phi) is 7.32. The number of nitrogens with zero attached hydrogens (tertiary/aromatic N) is 3. The van der Waals surface area contributed by atoms with Gasteiger partial charge in [-0.3, -0.25) is 19.2 Å². The summed E-state index contributed by atoms with van der Waals surface area (Å²) in [5, 5.41) is 28.3. The summed E-state index contributed by atoms with van der Waals surface area (Å²) in [4.78, 5) is 50.1. The average molecular weight is 507 g/mol. The first-order valence-electron chi connectivity index (χ1n) is 11.7. The molecule has 37 heavy (non-hydrogen) atoms. The van der Waals surface area contributed by atoms with E-state index in [1.807, 2.05) is 6.92 Å². The van der Waals surface area contributed by atoms with Gasteiger partial charge in [-0.1, -0.05) is 30.7 Å². The molecule has 0 saturated carbocycles. The number of aromatic nitrogens is 3. The van der Waals surface area contributed by atoms with Crippen molar-refractivity contribution in [3.8, 4) is 5.75 Å². The van der Waals surface area contributed by atoms with E-state index in [-0.39, 0.29) is 17.7 Å². The van der Waals surface area contributed by atoms with Crippen molar-refractivity contribution in [3.05, 3.63) is 64.6 Å². The molecule has 4 aromatic rings. The topological polar surface area (TPSA) is 162 Å². The molecule has 2 heterocycles. The number of carboxylic acid groups (broad SMARTS) is 2.